The summed E-state index contributed by atoms with van der Waals surface area (Å²) in [4.78, 5) is 28.7. The summed E-state index contributed by atoms with van der Waals surface area (Å²) in [6.07, 6.45) is 7.55. The van der Waals surface area contributed by atoms with E-state index >= 15 is 0 Å². The number of hydrogen-bond donors (Lipinski definition) is 0. The van der Waals surface area contributed by atoms with Gasteiger partial charge in [0.1, 0.15) is 5.82 Å². The van der Waals surface area contributed by atoms with Gasteiger partial charge in [-0.15, -0.1) is 0 Å². The van der Waals surface area contributed by atoms with Crippen molar-refractivity contribution in [1.29, 1.82) is 0 Å². The molecule has 1 aliphatic carbocycles. The maximum absolute atomic E-state index is 12.5. The summed E-state index contributed by atoms with van der Waals surface area (Å²) in [6.45, 7) is 1.92. The van der Waals surface area contributed by atoms with E-state index < -0.39 is 0 Å². The number of nitrogens with zero attached hydrogens (tertiary/aromatic N) is 3. The molecule has 0 N–H and O–H groups in total. The number of aromatic nitrogens is 3. The van der Waals surface area contributed by atoms with E-state index in [1.54, 1.807) is 23.0 Å². The van der Waals surface area contributed by atoms with Crippen molar-refractivity contribution >= 4 is 0 Å². The zero-order valence-corrected chi connectivity index (χ0v) is 11.5. The Kier molecular flexibility index (Phi) is 3.26. The van der Waals surface area contributed by atoms with E-state index in [4.69, 9.17) is 0 Å². The monoisotopic (exact) mass is 271 g/mol. The van der Waals surface area contributed by atoms with Crippen LogP contribution < -0.4 is 11.2 Å². The molecule has 5 heteroatoms. The van der Waals surface area contributed by atoms with Crippen LogP contribution in [-0.2, 0) is 0 Å². The summed E-state index contributed by atoms with van der Waals surface area (Å²) in [5, 5.41) is 0. The van der Waals surface area contributed by atoms with Gasteiger partial charge in [-0.1, -0.05) is 18.9 Å². The largest absolute Gasteiger partial charge is 0.337 e. The van der Waals surface area contributed by atoms with Crippen LogP contribution in [0.2, 0.25) is 0 Å². The molecule has 104 valence electrons. The lowest BCUT2D eigenvalue weighted by Crippen LogP contribution is -2.39. The Morgan fingerprint density at radius 1 is 1.15 bits per heavy atom. The molecule has 0 atom stereocenters. The van der Waals surface area contributed by atoms with Gasteiger partial charge in [0.25, 0.3) is 5.56 Å². The maximum Gasteiger partial charge on any atom is 0.337 e. The zero-order valence-electron chi connectivity index (χ0n) is 11.5. The summed E-state index contributed by atoms with van der Waals surface area (Å²) in [6, 6.07) is 5.21. The molecule has 2 aromatic rings. The summed E-state index contributed by atoms with van der Waals surface area (Å²) in [5.41, 5.74) is 0.371. The van der Waals surface area contributed by atoms with E-state index in [0.29, 0.717) is 5.82 Å². The first-order valence-corrected chi connectivity index (χ1v) is 6.94. The van der Waals surface area contributed by atoms with Crippen molar-refractivity contribution in [3.05, 3.63) is 57.0 Å². The van der Waals surface area contributed by atoms with Crippen molar-refractivity contribution in [2.24, 2.45) is 0 Å². The van der Waals surface area contributed by atoms with Crippen LogP contribution in [0.4, 0.5) is 0 Å². The molecular formula is C15H17N3O2. The normalized spacial score (nSPS) is 15.7. The first-order valence-electron chi connectivity index (χ1n) is 6.94. The van der Waals surface area contributed by atoms with Crippen LogP contribution in [0.15, 0.2) is 40.2 Å². The molecule has 1 fully saturated rings. The van der Waals surface area contributed by atoms with Gasteiger partial charge in [-0.05, 0) is 31.4 Å². The van der Waals surface area contributed by atoms with Crippen molar-refractivity contribution < 1.29 is 0 Å². The molecule has 0 aliphatic heterocycles. The minimum absolute atomic E-state index is 0.208. The van der Waals surface area contributed by atoms with Gasteiger partial charge in [0, 0.05) is 24.5 Å². The molecule has 1 saturated carbocycles. The van der Waals surface area contributed by atoms with Gasteiger partial charge in [-0.2, -0.15) is 0 Å². The van der Waals surface area contributed by atoms with Gasteiger partial charge in [-0.3, -0.25) is 9.36 Å². The van der Waals surface area contributed by atoms with Crippen LogP contribution >= 0.6 is 0 Å². The molecular weight excluding hydrogens is 254 g/mol. The molecule has 0 amide bonds. The summed E-state index contributed by atoms with van der Waals surface area (Å²) < 4.78 is 2.83. The van der Waals surface area contributed by atoms with Gasteiger partial charge in [0.05, 0.1) is 0 Å². The van der Waals surface area contributed by atoms with Crippen LogP contribution in [0.3, 0.4) is 0 Å². The van der Waals surface area contributed by atoms with Crippen LogP contribution in [-0.4, -0.2) is 14.1 Å². The van der Waals surface area contributed by atoms with Crippen molar-refractivity contribution in [3.8, 4) is 5.82 Å². The third-order valence-corrected chi connectivity index (χ3v) is 3.85. The molecule has 0 spiro atoms. The van der Waals surface area contributed by atoms with E-state index in [0.717, 1.165) is 35.8 Å². The molecule has 2 heterocycles. The highest BCUT2D eigenvalue weighted by atomic mass is 16.2. The molecule has 3 rings (SSSR count). The number of pyridine rings is 1. The van der Waals surface area contributed by atoms with Gasteiger partial charge in [0.2, 0.25) is 0 Å². The van der Waals surface area contributed by atoms with Crippen LogP contribution in [0.25, 0.3) is 5.82 Å². The highest BCUT2D eigenvalue weighted by Gasteiger charge is 2.19. The van der Waals surface area contributed by atoms with E-state index in [1.165, 1.54) is 6.07 Å². The van der Waals surface area contributed by atoms with Gasteiger partial charge in [0.15, 0.2) is 0 Å². The van der Waals surface area contributed by atoms with Crippen molar-refractivity contribution in [2.75, 3.05) is 0 Å². The van der Waals surface area contributed by atoms with E-state index in [9.17, 15) is 9.59 Å². The minimum atomic E-state index is -0.333. The van der Waals surface area contributed by atoms with Crippen molar-refractivity contribution in [2.45, 2.75) is 38.6 Å². The molecule has 0 radical (unpaired) electrons. The zero-order chi connectivity index (χ0) is 14.1. The Morgan fingerprint density at radius 3 is 2.55 bits per heavy atom. The molecule has 0 bridgehead atoms. The lowest BCUT2D eigenvalue weighted by Gasteiger charge is -2.14. The van der Waals surface area contributed by atoms with E-state index in [2.05, 4.69) is 4.98 Å². The highest BCUT2D eigenvalue weighted by Crippen LogP contribution is 2.27. The Morgan fingerprint density at radius 2 is 1.90 bits per heavy atom. The van der Waals surface area contributed by atoms with Crippen LogP contribution in [0, 0.1) is 6.92 Å². The molecule has 1 aliphatic rings. The fraction of sp³-hybridized carbons (Fsp3) is 0.400. The number of hydrogen-bond acceptors (Lipinski definition) is 3. The molecule has 0 unspecified atom stereocenters. The number of rotatable bonds is 2. The third-order valence-electron chi connectivity index (χ3n) is 3.85. The first kappa shape index (κ1) is 12.8. The quantitative estimate of drug-likeness (QED) is 0.837. The maximum atomic E-state index is 12.5. The van der Waals surface area contributed by atoms with Crippen molar-refractivity contribution in [3.63, 3.8) is 0 Å². The predicted molar refractivity (Wildman–Crippen MR) is 76.3 cm³/mol. The second-order valence-corrected chi connectivity index (χ2v) is 5.31. The van der Waals surface area contributed by atoms with Crippen LogP contribution in [0.5, 0.6) is 0 Å². The lowest BCUT2D eigenvalue weighted by molar-refractivity contribution is 0.480. The molecule has 0 aromatic carbocycles. The van der Waals surface area contributed by atoms with Gasteiger partial charge >= 0.3 is 5.69 Å². The Balaban J connectivity index is 2.15. The third kappa shape index (κ3) is 2.19. The number of aryl methyl sites for hydroxylation is 1. The Bertz CT molecular complexity index is 722. The smallest absolute Gasteiger partial charge is 0.297 e. The second-order valence-electron chi connectivity index (χ2n) is 5.31. The summed E-state index contributed by atoms with van der Waals surface area (Å²) in [7, 11) is 0. The average molecular weight is 271 g/mol. The van der Waals surface area contributed by atoms with Crippen LogP contribution in [0.1, 0.15) is 37.3 Å². The van der Waals surface area contributed by atoms with Crippen molar-refractivity contribution in [1.82, 2.24) is 14.1 Å². The van der Waals surface area contributed by atoms with Gasteiger partial charge in [-0.25, -0.2) is 14.3 Å². The molecule has 2 aromatic heterocycles. The summed E-state index contributed by atoms with van der Waals surface area (Å²) in [5.74, 6) is 0.387. The molecule has 5 nitrogen and oxygen atoms in total. The molecule has 20 heavy (non-hydrogen) atoms. The fourth-order valence-electron chi connectivity index (χ4n) is 2.76. The lowest BCUT2D eigenvalue weighted by atomic mass is 10.2. The fourth-order valence-corrected chi connectivity index (χ4v) is 2.76. The van der Waals surface area contributed by atoms with E-state index in [-0.39, 0.29) is 17.3 Å². The van der Waals surface area contributed by atoms with E-state index in [1.807, 2.05) is 13.0 Å². The molecule has 0 saturated heterocycles. The topological polar surface area (TPSA) is 56.9 Å². The predicted octanol–water partition coefficient (Wildman–Crippen LogP) is 1.82. The minimum Gasteiger partial charge on any atom is -0.297 e. The Hall–Kier alpha value is -2.17. The highest BCUT2D eigenvalue weighted by molar-refractivity contribution is 5.24. The average Bonchev–Trinajstić information content (AvgIpc) is 2.95. The Labute approximate surface area is 116 Å². The first-order chi connectivity index (χ1) is 9.66. The second kappa shape index (κ2) is 5.07. The standard InChI is InChI=1S/C15H17N3O2/c1-11-6-7-13(16-10-11)18-14(19)8-9-17(15(18)20)12-4-2-3-5-12/h6-10,12H,2-5H2,1H3. The SMILES string of the molecule is Cc1ccc(-n2c(=O)ccn(C3CCCC3)c2=O)nc1. The summed E-state index contributed by atoms with van der Waals surface area (Å²) >= 11 is 0. The van der Waals surface area contributed by atoms with Gasteiger partial charge < -0.3 is 0 Å².